The average molecular weight is 421 g/mol. The van der Waals surface area contributed by atoms with Crippen molar-refractivity contribution >= 4 is 27.7 Å². The number of aromatic hydroxyl groups is 1. The van der Waals surface area contributed by atoms with Crippen molar-refractivity contribution in [3.8, 4) is 5.75 Å². The SMILES string of the molecule is Cc1cc(Br)c(O)c(C(=O)N2CCC(C(=O)NCc3ccco3)CC2)c1. The third-order valence-corrected chi connectivity index (χ3v) is 5.21. The number of nitrogens with zero attached hydrogens (tertiary/aromatic N) is 1. The van der Waals surface area contributed by atoms with Gasteiger partial charge in [0, 0.05) is 19.0 Å². The summed E-state index contributed by atoms with van der Waals surface area (Å²) in [6.45, 7) is 3.22. The van der Waals surface area contributed by atoms with E-state index in [1.807, 2.05) is 13.0 Å². The van der Waals surface area contributed by atoms with E-state index in [4.69, 9.17) is 4.42 Å². The van der Waals surface area contributed by atoms with Crippen LogP contribution in [0.25, 0.3) is 0 Å². The highest BCUT2D eigenvalue weighted by Crippen LogP contribution is 2.31. The summed E-state index contributed by atoms with van der Waals surface area (Å²) in [7, 11) is 0. The first kappa shape index (κ1) is 18.5. The molecule has 1 saturated heterocycles. The molecular weight excluding hydrogens is 400 g/mol. The van der Waals surface area contributed by atoms with E-state index < -0.39 is 0 Å². The van der Waals surface area contributed by atoms with Crippen LogP contribution in [0.2, 0.25) is 0 Å². The Kier molecular flexibility index (Phi) is 5.66. The van der Waals surface area contributed by atoms with Gasteiger partial charge in [0.2, 0.25) is 5.91 Å². The zero-order chi connectivity index (χ0) is 18.7. The molecule has 0 spiro atoms. The molecule has 2 heterocycles. The maximum absolute atomic E-state index is 12.7. The summed E-state index contributed by atoms with van der Waals surface area (Å²) in [5.41, 5.74) is 1.18. The molecule has 0 bridgehead atoms. The topological polar surface area (TPSA) is 82.8 Å². The van der Waals surface area contributed by atoms with Gasteiger partial charge in [0.1, 0.15) is 11.5 Å². The van der Waals surface area contributed by atoms with E-state index in [2.05, 4.69) is 21.2 Å². The van der Waals surface area contributed by atoms with Gasteiger partial charge in [0.25, 0.3) is 5.91 Å². The Labute approximate surface area is 160 Å². The number of phenols is 1. The first-order valence-corrected chi connectivity index (χ1v) is 9.33. The van der Waals surface area contributed by atoms with Crippen LogP contribution in [0.5, 0.6) is 5.75 Å². The molecule has 7 heteroatoms. The lowest BCUT2D eigenvalue weighted by Gasteiger charge is -2.31. The van der Waals surface area contributed by atoms with E-state index in [0.29, 0.717) is 42.7 Å². The Morgan fingerprint density at radius 1 is 1.35 bits per heavy atom. The number of likely N-dealkylation sites (tertiary alicyclic amines) is 1. The van der Waals surface area contributed by atoms with E-state index in [1.54, 1.807) is 29.4 Å². The number of piperidine rings is 1. The first-order chi connectivity index (χ1) is 12.5. The van der Waals surface area contributed by atoms with E-state index in [1.165, 1.54) is 0 Å². The van der Waals surface area contributed by atoms with Crippen LogP contribution in [0.1, 0.15) is 34.5 Å². The molecule has 3 rings (SSSR count). The number of hydrogen-bond donors (Lipinski definition) is 2. The fraction of sp³-hybridized carbons (Fsp3) is 0.368. The van der Waals surface area contributed by atoms with Crippen LogP contribution in [0.3, 0.4) is 0 Å². The number of benzene rings is 1. The molecule has 1 aliphatic heterocycles. The predicted octanol–water partition coefficient (Wildman–Crippen LogP) is 3.22. The van der Waals surface area contributed by atoms with Crippen LogP contribution < -0.4 is 5.32 Å². The summed E-state index contributed by atoms with van der Waals surface area (Å²) in [4.78, 5) is 26.7. The maximum Gasteiger partial charge on any atom is 0.257 e. The number of halogens is 1. The Morgan fingerprint density at radius 2 is 2.08 bits per heavy atom. The second kappa shape index (κ2) is 7.95. The van der Waals surface area contributed by atoms with Crippen molar-refractivity contribution in [2.24, 2.45) is 5.92 Å². The number of furan rings is 1. The molecule has 26 heavy (non-hydrogen) atoms. The lowest BCUT2D eigenvalue weighted by molar-refractivity contribution is -0.126. The van der Waals surface area contributed by atoms with Crippen molar-refractivity contribution in [2.45, 2.75) is 26.3 Å². The minimum atomic E-state index is -0.207. The molecule has 0 saturated carbocycles. The number of carbonyl (C=O) groups excluding carboxylic acids is 2. The zero-order valence-electron chi connectivity index (χ0n) is 14.5. The number of nitrogens with one attached hydrogen (secondary N) is 1. The van der Waals surface area contributed by atoms with Gasteiger partial charge in [0.15, 0.2) is 0 Å². The highest BCUT2D eigenvalue weighted by Gasteiger charge is 2.29. The lowest BCUT2D eigenvalue weighted by Crippen LogP contribution is -2.43. The van der Waals surface area contributed by atoms with Crippen LogP contribution in [0, 0.1) is 12.8 Å². The second-order valence-corrected chi connectivity index (χ2v) is 7.36. The quantitative estimate of drug-likeness (QED) is 0.794. The van der Waals surface area contributed by atoms with Crippen LogP contribution in [0.4, 0.5) is 0 Å². The van der Waals surface area contributed by atoms with Crippen molar-refractivity contribution in [3.05, 3.63) is 51.9 Å². The number of hydrogen-bond acceptors (Lipinski definition) is 4. The minimum absolute atomic E-state index is 0.0188. The third-order valence-electron chi connectivity index (χ3n) is 4.61. The van der Waals surface area contributed by atoms with Crippen LogP contribution in [-0.4, -0.2) is 34.9 Å². The van der Waals surface area contributed by atoms with Gasteiger partial charge in [-0.2, -0.15) is 0 Å². The highest BCUT2D eigenvalue weighted by molar-refractivity contribution is 9.10. The second-order valence-electron chi connectivity index (χ2n) is 6.51. The molecule has 0 aliphatic carbocycles. The molecule has 138 valence electrons. The van der Waals surface area contributed by atoms with Crippen LogP contribution >= 0.6 is 15.9 Å². The fourth-order valence-corrected chi connectivity index (χ4v) is 3.72. The van der Waals surface area contributed by atoms with Crippen LogP contribution in [0.15, 0.2) is 39.4 Å². The summed E-state index contributed by atoms with van der Waals surface area (Å²) in [5, 5.41) is 13.0. The summed E-state index contributed by atoms with van der Waals surface area (Å²) in [5.74, 6) is 0.327. The number of rotatable bonds is 4. The average Bonchev–Trinajstić information content (AvgIpc) is 3.16. The van der Waals surface area contributed by atoms with Gasteiger partial charge in [0.05, 0.1) is 22.8 Å². The van der Waals surface area contributed by atoms with E-state index in [0.717, 1.165) is 5.56 Å². The number of aryl methyl sites for hydroxylation is 1. The van der Waals surface area contributed by atoms with Gasteiger partial charge in [-0.05, 0) is 65.5 Å². The van der Waals surface area contributed by atoms with Crippen molar-refractivity contribution in [3.63, 3.8) is 0 Å². The largest absolute Gasteiger partial charge is 0.506 e. The molecule has 2 aromatic rings. The summed E-state index contributed by atoms with van der Waals surface area (Å²) in [6.07, 6.45) is 2.78. The first-order valence-electron chi connectivity index (χ1n) is 8.54. The molecule has 0 unspecified atom stereocenters. The van der Waals surface area contributed by atoms with E-state index in [-0.39, 0.29) is 29.0 Å². The van der Waals surface area contributed by atoms with Crippen molar-refractivity contribution in [2.75, 3.05) is 13.1 Å². The zero-order valence-corrected chi connectivity index (χ0v) is 16.1. The molecule has 6 nitrogen and oxygen atoms in total. The summed E-state index contributed by atoms with van der Waals surface area (Å²) < 4.78 is 5.71. The molecule has 0 radical (unpaired) electrons. The Morgan fingerprint density at radius 3 is 2.73 bits per heavy atom. The molecule has 0 atom stereocenters. The number of phenolic OH excluding ortho intramolecular Hbond substituents is 1. The number of carbonyl (C=O) groups is 2. The van der Waals surface area contributed by atoms with Crippen molar-refractivity contribution in [1.29, 1.82) is 0 Å². The van der Waals surface area contributed by atoms with Crippen LogP contribution in [-0.2, 0) is 11.3 Å². The van der Waals surface area contributed by atoms with Gasteiger partial charge >= 0.3 is 0 Å². The van der Waals surface area contributed by atoms with Gasteiger partial charge in [-0.15, -0.1) is 0 Å². The van der Waals surface area contributed by atoms with Crippen molar-refractivity contribution < 1.29 is 19.1 Å². The molecule has 1 fully saturated rings. The smallest absolute Gasteiger partial charge is 0.257 e. The monoisotopic (exact) mass is 420 g/mol. The lowest BCUT2D eigenvalue weighted by atomic mass is 9.95. The summed E-state index contributed by atoms with van der Waals surface area (Å²) in [6, 6.07) is 7.05. The van der Waals surface area contributed by atoms with E-state index >= 15 is 0 Å². The molecule has 1 aliphatic rings. The normalized spacial score (nSPS) is 15.1. The van der Waals surface area contributed by atoms with Gasteiger partial charge in [-0.25, -0.2) is 0 Å². The molecule has 1 aromatic carbocycles. The third kappa shape index (κ3) is 4.09. The predicted molar refractivity (Wildman–Crippen MR) is 99.7 cm³/mol. The molecular formula is C19H21BrN2O4. The molecule has 2 amide bonds. The number of amides is 2. The summed E-state index contributed by atoms with van der Waals surface area (Å²) >= 11 is 3.27. The van der Waals surface area contributed by atoms with E-state index in [9.17, 15) is 14.7 Å². The van der Waals surface area contributed by atoms with Gasteiger partial charge < -0.3 is 19.7 Å². The van der Waals surface area contributed by atoms with Gasteiger partial charge in [-0.1, -0.05) is 0 Å². The Bertz CT molecular complexity index is 796. The van der Waals surface area contributed by atoms with Crippen molar-refractivity contribution in [1.82, 2.24) is 10.2 Å². The standard InChI is InChI=1S/C19H21BrN2O4/c1-12-9-15(17(23)16(20)10-12)19(25)22-6-4-13(5-7-22)18(24)21-11-14-3-2-8-26-14/h2-3,8-10,13,23H,4-7,11H2,1H3,(H,21,24). The minimum Gasteiger partial charge on any atom is -0.506 e. The Hall–Kier alpha value is -2.28. The molecule has 1 aromatic heterocycles. The Balaban J connectivity index is 1.56. The fourth-order valence-electron chi connectivity index (χ4n) is 3.14. The maximum atomic E-state index is 12.7. The van der Waals surface area contributed by atoms with Gasteiger partial charge in [-0.3, -0.25) is 9.59 Å². The molecule has 2 N–H and O–H groups in total. The highest BCUT2D eigenvalue weighted by atomic mass is 79.9.